The second-order valence-electron chi connectivity index (χ2n) is 8.07. The lowest BCUT2D eigenvalue weighted by atomic mass is 10.2. The van der Waals surface area contributed by atoms with Crippen LogP contribution >= 0.6 is 11.6 Å². The monoisotopic (exact) mass is 446 g/mol. The Hall–Kier alpha value is -2.49. The first-order valence-electron chi connectivity index (χ1n) is 9.30. The molecule has 3 heterocycles. The summed E-state index contributed by atoms with van der Waals surface area (Å²) in [7, 11) is 0. The average Bonchev–Trinajstić information content (AvgIpc) is 2.95. The van der Waals surface area contributed by atoms with Gasteiger partial charge in [-0.3, -0.25) is 9.20 Å². The zero-order chi connectivity index (χ0) is 22.4. The molecule has 2 aromatic heterocycles. The minimum atomic E-state index is -4.62. The van der Waals surface area contributed by atoms with Gasteiger partial charge in [0, 0.05) is 32.4 Å². The number of aromatic nitrogens is 2. The van der Waals surface area contributed by atoms with Crippen molar-refractivity contribution in [3.63, 3.8) is 0 Å². The normalized spacial score (nSPS) is 15.6. The molecule has 2 amide bonds. The summed E-state index contributed by atoms with van der Waals surface area (Å²) in [6.45, 7) is 7.78. The third kappa shape index (κ3) is 4.48. The average molecular weight is 447 g/mol. The summed E-state index contributed by atoms with van der Waals surface area (Å²) in [5, 5.41) is -0.193. The van der Waals surface area contributed by atoms with Gasteiger partial charge in [-0.2, -0.15) is 13.2 Å². The SMILES string of the molecule is Cc1nc2c(Cl)cc(C(F)(F)F)cn2c1C(=O)N1CCN(C(=O)OC(C)(C)C)CC1. The van der Waals surface area contributed by atoms with Crippen molar-refractivity contribution in [2.45, 2.75) is 39.5 Å². The molecule has 0 aliphatic carbocycles. The van der Waals surface area contributed by atoms with Crippen LogP contribution in [0.3, 0.4) is 0 Å². The highest BCUT2D eigenvalue weighted by Crippen LogP contribution is 2.33. The Kier molecular flexibility index (Phi) is 5.66. The number of aryl methyl sites for hydroxylation is 1. The van der Waals surface area contributed by atoms with Gasteiger partial charge in [-0.05, 0) is 33.8 Å². The van der Waals surface area contributed by atoms with E-state index in [0.29, 0.717) is 0 Å². The van der Waals surface area contributed by atoms with Gasteiger partial charge in [0.05, 0.1) is 16.3 Å². The number of carbonyl (C=O) groups excluding carboxylic acids is 2. The number of ether oxygens (including phenoxy) is 1. The van der Waals surface area contributed by atoms with Crippen molar-refractivity contribution in [3.05, 3.63) is 34.2 Å². The third-order valence-electron chi connectivity index (χ3n) is 4.60. The van der Waals surface area contributed by atoms with Crippen LogP contribution in [-0.2, 0) is 10.9 Å². The molecule has 1 fully saturated rings. The van der Waals surface area contributed by atoms with E-state index in [1.165, 1.54) is 9.80 Å². The van der Waals surface area contributed by atoms with Crippen LogP contribution in [0.15, 0.2) is 12.3 Å². The summed E-state index contributed by atoms with van der Waals surface area (Å²) in [6.07, 6.45) is -4.26. The number of amides is 2. The molecule has 0 spiro atoms. The van der Waals surface area contributed by atoms with Crippen LogP contribution < -0.4 is 0 Å². The number of hydrogen-bond donors (Lipinski definition) is 0. The second kappa shape index (κ2) is 7.64. The molecule has 7 nitrogen and oxygen atoms in total. The number of pyridine rings is 1. The number of piperazine rings is 1. The fourth-order valence-electron chi connectivity index (χ4n) is 3.20. The molecule has 0 atom stereocenters. The van der Waals surface area contributed by atoms with E-state index in [4.69, 9.17) is 16.3 Å². The third-order valence-corrected chi connectivity index (χ3v) is 4.88. The minimum Gasteiger partial charge on any atom is -0.444 e. The lowest BCUT2D eigenvalue weighted by Gasteiger charge is -2.35. The summed E-state index contributed by atoms with van der Waals surface area (Å²) >= 11 is 5.98. The van der Waals surface area contributed by atoms with Crippen LogP contribution in [0.25, 0.3) is 5.65 Å². The fraction of sp³-hybridized carbons (Fsp3) is 0.526. The van der Waals surface area contributed by atoms with Crippen molar-refractivity contribution in [1.29, 1.82) is 0 Å². The number of rotatable bonds is 1. The van der Waals surface area contributed by atoms with E-state index in [-0.39, 0.29) is 48.2 Å². The Morgan fingerprint density at radius 2 is 1.67 bits per heavy atom. The molecule has 1 saturated heterocycles. The highest BCUT2D eigenvalue weighted by Gasteiger charge is 2.34. The van der Waals surface area contributed by atoms with Crippen molar-refractivity contribution < 1.29 is 27.5 Å². The molecular formula is C19H22ClF3N4O3. The number of fused-ring (bicyclic) bond motifs is 1. The Morgan fingerprint density at radius 1 is 1.10 bits per heavy atom. The van der Waals surface area contributed by atoms with Crippen LogP contribution in [0, 0.1) is 6.92 Å². The summed E-state index contributed by atoms with van der Waals surface area (Å²) in [4.78, 5) is 32.4. The fourth-order valence-corrected chi connectivity index (χ4v) is 3.45. The molecule has 2 aromatic rings. The van der Waals surface area contributed by atoms with Crippen molar-refractivity contribution >= 4 is 29.2 Å². The van der Waals surface area contributed by atoms with Crippen LogP contribution in [0.5, 0.6) is 0 Å². The largest absolute Gasteiger partial charge is 0.444 e. The van der Waals surface area contributed by atoms with Crippen molar-refractivity contribution in [3.8, 4) is 0 Å². The van der Waals surface area contributed by atoms with E-state index in [2.05, 4.69) is 4.98 Å². The summed E-state index contributed by atoms with van der Waals surface area (Å²) in [6, 6.07) is 0.789. The van der Waals surface area contributed by atoms with Crippen LogP contribution in [-0.4, -0.2) is 63.0 Å². The summed E-state index contributed by atoms with van der Waals surface area (Å²) < 4.78 is 46.0. The van der Waals surface area contributed by atoms with Crippen LogP contribution in [0.1, 0.15) is 42.5 Å². The van der Waals surface area contributed by atoms with Gasteiger partial charge >= 0.3 is 12.3 Å². The number of hydrogen-bond acceptors (Lipinski definition) is 4. The van der Waals surface area contributed by atoms with Gasteiger partial charge in [0.1, 0.15) is 11.3 Å². The molecule has 1 aliphatic rings. The van der Waals surface area contributed by atoms with Crippen LogP contribution in [0.4, 0.5) is 18.0 Å². The molecule has 0 bridgehead atoms. The summed E-state index contributed by atoms with van der Waals surface area (Å²) in [5.41, 5.74) is -1.23. The van der Waals surface area contributed by atoms with E-state index in [1.807, 2.05) is 0 Å². The van der Waals surface area contributed by atoms with Crippen molar-refractivity contribution in [1.82, 2.24) is 19.2 Å². The van der Waals surface area contributed by atoms with E-state index >= 15 is 0 Å². The highest BCUT2D eigenvalue weighted by atomic mass is 35.5. The zero-order valence-corrected chi connectivity index (χ0v) is 17.8. The zero-order valence-electron chi connectivity index (χ0n) is 17.0. The van der Waals surface area contributed by atoms with Gasteiger partial charge in [-0.15, -0.1) is 0 Å². The Morgan fingerprint density at radius 3 is 2.20 bits per heavy atom. The van der Waals surface area contributed by atoms with Gasteiger partial charge in [-0.1, -0.05) is 11.6 Å². The highest BCUT2D eigenvalue weighted by molar-refractivity contribution is 6.33. The minimum absolute atomic E-state index is 0.0173. The van der Waals surface area contributed by atoms with Crippen molar-refractivity contribution in [2.75, 3.05) is 26.2 Å². The number of alkyl halides is 3. The predicted molar refractivity (Wildman–Crippen MR) is 104 cm³/mol. The molecule has 0 saturated carbocycles. The maximum Gasteiger partial charge on any atom is 0.417 e. The first kappa shape index (κ1) is 22.2. The molecule has 1 aliphatic heterocycles. The first-order chi connectivity index (χ1) is 13.8. The Labute approximate surface area is 176 Å². The number of imidazole rings is 1. The molecule has 164 valence electrons. The lowest BCUT2D eigenvalue weighted by Crippen LogP contribution is -2.51. The topological polar surface area (TPSA) is 67.2 Å². The van der Waals surface area contributed by atoms with E-state index in [0.717, 1.165) is 16.7 Å². The van der Waals surface area contributed by atoms with E-state index in [9.17, 15) is 22.8 Å². The molecule has 30 heavy (non-hydrogen) atoms. The van der Waals surface area contributed by atoms with Gasteiger partial charge in [0.25, 0.3) is 5.91 Å². The van der Waals surface area contributed by atoms with Crippen molar-refractivity contribution in [2.24, 2.45) is 0 Å². The maximum absolute atomic E-state index is 13.2. The smallest absolute Gasteiger partial charge is 0.417 e. The Bertz CT molecular complexity index is 990. The molecule has 0 radical (unpaired) electrons. The van der Waals surface area contributed by atoms with Gasteiger partial charge in [-0.25, -0.2) is 9.78 Å². The number of halogens is 4. The molecular weight excluding hydrogens is 425 g/mol. The molecule has 3 rings (SSSR count). The maximum atomic E-state index is 13.2. The quantitative estimate of drug-likeness (QED) is 0.664. The van der Waals surface area contributed by atoms with Gasteiger partial charge in [0.15, 0.2) is 5.65 Å². The first-order valence-corrected chi connectivity index (χ1v) is 9.68. The van der Waals surface area contributed by atoms with E-state index in [1.54, 1.807) is 27.7 Å². The van der Waals surface area contributed by atoms with Gasteiger partial charge < -0.3 is 14.5 Å². The Balaban J connectivity index is 1.83. The van der Waals surface area contributed by atoms with E-state index < -0.39 is 29.3 Å². The summed E-state index contributed by atoms with van der Waals surface area (Å²) in [5.74, 6) is -0.473. The predicted octanol–water partition coefficient (Wildman–Crippen LogP) is 4.01. The van der Waals surface area contributed by atoms with Crippen LogP contribution in [0.2, 0.25) is 5.02 Å². The molecule has 0 aromatic carbocycles. The second-order valence-corrected chi connectivity index (χ2v) is 8.48. The molecule has 11 heteroatoms. The lowest BCUT2D eigenvalue weighted by molar-refractivity contribution is -0.137. The number of carbonyl (C=O) groups is 2. The number of nitrogens with zero attached hydrogens (tertiary/aromatic N) is 4. The molecule has 0 unspecified atom stereocenters. The molecule has 0 N–H and O–H groups in total. The standard InChI is InChI=1S/C19H22ClF3N4O3/c1-11-14(27-10-12(19(21,22)23)9-13(20)15(27)24-11)16(28)25-5-7-26(8-6-25)17(29)30-18(2,3)4/h9-10H,5-8H2,1-4H3. The van der Waals surface area contributed by atoms with Gasteiger partial charge in [0.2, 0.25) is 0 Å².